The van der Waals surface area contributed by atoms with Crippen LogP contribution in [0.15, 0.2) is 43.2 Å². The number of halogens is 3. The van der Waals surface area contributed by atoms with E-state index in [1.54, 1.807) is 71.6 Å². The first-order valence-electron chi connectivity index (χ1n) is 12.1. The highest BCUT2D eigenvalue weighted by atomic mass is 19.4. The van der Waals surface area contributed by atoms with Gasteiger partial charge in [0.05, 0.1) is 23.9 Å². The Balaban J connectivity index is 2.15. The first kappa shape index (κ1) is 29.5. The fraction of sp³-hybridized carbons (Fsp3) is 0.393. The molecule has 1 heterocycles. The second-order valence-corrected chi connectivity index (χ2v) is 10.9. The lowest BCUT2D eigenvalue weighted by atomic mass is 9.96. The number of fused-ring (bicyclic) bond motifs is 1. The molecule has 0 atom stereocenters. The molecule has 0 radical (unpaired) electrons. The second-order valence-electron chi connectivity index (χ2n) is 10.9. The van der Waals surface area contributed by atoms with Crippen molar-refractivity contribution in [3.63, 3.8) is 0 Å². The van der Waals surface area contributed by atoms with Crippen molar-refractivity contribution in [2.75, 3.05) is 0 Å². The third kappa shape index (κ3) is 7.52. The van der Waals surface area contributed by atoms with E-state index >= 15 is 0 Å². The molecule has 0 N–H and O–H groups in total. The molecule has 2 amide bonds. The van der Waals surface area contributed by atoms with Gasteiger partial charge in [-0.2, -0.15) is 0 Å². The van der Waals surface area contributed by atoms with Crippen LogP contribution in [0.3, 0.4) is 0 Å². The van der Waals surface area contributed by atoms with Gasteiger partial charge in [0.1, 0.15) is 17.0 Å². The summed E-state index contributed by atoms with van der Waals surface area (Å²) < 4.78 is 54.6. The normalized spacial score (nSPS) is 12.3. The van der Waals surface area contributed by atoms with E-state index in [9.17, 15) is 22.8 Å². The van der Waals surface area contributed by atoms with Gasteiger partial charge < -0.3 is 18.8 Å². The zero-order valence-corrected chi connectivity index (χ0v) is 23.0. The van der Waals surface area contributed by atoms with Gasteiger partial charge in [-0.1, -0.05) is 24.8 Å². The highest BCUT2D eigenvalue weighted by Crippen LogP contribution is 2.35. The Labute approximate surface area is 225 Å². The average Bonchev–Trinajstić information content (AvgIpc) is 3.15. The molecule has 0 unspecified atom stereocenters. The molecule has 210 valence electrons. The summed E-state index contributed by atoms with van der Waals surface area (Å²) >= 11 is 0. The van der Waals surface area contributed by atoms with Crippen LogP contribution in [0.4, 0.5) is 22.8 Å². The van der Waals surface area contributed by atoms with Crippen molar-refractivity contribution in [1.29, 1.82) is 0 Å². The first-order valence-corrected chi connectivity index (χ1v) is 12.1. The van der Waals surface area contributed by atoms with Crippen molar-refractivity contribution in [1.82, 2.24) is 14.5 Å². The van der Waals surface area contributed by atoms with Gasteiger partial charge in [-0.15, -0.1) is 13.2 Å². The summed E-state index contributed by atoms with van der Waals surface area (Å²) in [5.74, 6) is -0.368. The number of imidazole rings is 1. The van der Waals surface area contributed by atoms with Crippen LogP contribution in [0.25, 0.3) is 28.2 Å². The minimum atomic E-state index is -4.82. The molecule has 2 aromatic carbocycles. The highest BCUT2D eigenvalue weighted by Gasteiger charge is 2.33. The molecule has 1 aromatic heterocycles. The predicted octanol–water partition coefficient (Wildman–Crippen LogP) is 7.45. The van der Waals surface area contributed by atoms with E-state index in [4.69, 9.17) is 9.47 Å². The molecule has 0 aliphatic heterocycles. The number of ether oxygens (including phenoxy) is 3. The summed E-state index contributed by atoms with van der Waals surface area (Å²) in [5, 5.41) is 0. The van der Waals surface area contributed by atoms with Gasteiger partial charge in [-0.3, -0.25) is 0 Å². The minimum absolute atomic E-state index is 0.228. The largest absolute Gasteiger partial charge is 0.573 e. The van der Waals surface area contributed by atoms with Crippen molar-refractivity contribution in [3.8, 4) is 16.9 Å². The van der Waals surface area contributed by atoms with Gasteiger partial charge >= 0.3 is 18.5 Å². The van der Waals surface area contributed by atoms with Gasteiger partial charge in [-0.05, 0) is 70.9 Å². The maximum Gasteiger partial charge on any atom is 0.573 e. The lowest BCUT2D eigenvalue weighted by Gasteiger charge is -2.29. The van der Waals surface area contributed by atoms with Crippen LogP contribution in [-0.4, -0.2) is 44.2 Å². The van der Waals surface area contributed by atoms with E-state index in [-0.39, 0.29) is 12.3 Å². The number of aryl methyl sites for hydroxylation is 1. The van der Waals surface area contributed by atoms with Crippen LogP contribution in [0.5, 0.6) is 5.75 Å². The Morgan fingerprint density at radius 1 is 1.00 bits per heavy atom. The quantitative estimate of drug-likeness (QED) is 0.330. The summed E-state index contributed by atoms with van der Waals surface area (Å²) in [5.41, 5.74) is 1.70. The number of amides is 2. The molecule has 0 aliphatic rings. The number of imide groups is 1. The highest BCUT2D eigenvalue weighted by molar-refractivity contribution is 5.98. The van der Waals surface area contributed by atoms with Crippen LogP contribution < -0.4 is 4.74 Å². The zero-order valence-electron chi connectivity index (χ0n) is 23.0. The number of nitrogens with zero attached hydrogens (tertiary/aromatic N) is 3. The number of alkyl halides is 3. The number of hydrogen-bond donors (Lipinski definition) is 0. The summed E-state index contributed by atoms with van der Waals surface area (Å²) in [6, 6.07) is 7.06. The summed E-state index contributed by atoms with van der Waals surface area (Å²) in [6.45, 7) is 13.8. The smallest absolute Gasteiger partial charge is 0.443 e. The summed E-state index contributed by atoms with van der Waals surface area (Å²) in [4.78, 5) is 31.6. The fourth-order valence-electron chi connectivity index (χ4n) is 3.84. The van der Waals surface area contributed by atoms with E-state index in [0.29, 0.717) is 33.3 Å². The van der Waals surface area contributed by atoms with E-state index < -0.39 is 29.8 Å². The average molecular weight is 548 g/mol. The second kappa shape index (κ2) is 10.6. The number of benzene rings is 2. The Morgan fingerprint density at radius 2 is 1.54 bits per heavy atom. The third-order valence-corrected chi connectivity index (χ3v) is 5.27. The molecule has 0 saturated heterocycles. The van der Waals surface area contributed by atoms with Crippen LogP contribution in [0.2, 0.25) is 0 Å². The van der Waals surface area contributed by atoms with Crippen LogP contribution >= 0.6 is 0 Å². The molecule has 11 heteroatoms. The topological polar surface area (TPSA) is 82.9 Å². The maximum atomic E-state index is 13.1. The monoisotopic (exact) mass is 547 g/mol. The zero-order chi connectivity index (χ0) is 29.3. The molecule has 0 fully saturated rings. The Bertz CT molecular complexity index is 1350. The molecular formula is C28H32F3N3O5. The lowest BCUT2D eigenvalue weighted by Crippen LogP contribution is -2.43. The van der Waals surface area contributed by atoms with E-state index in [2.05, 4.69) is 16.3 Å². The van der Waals surface area contributed by atoms with Crippen LogP contribution in [0, 0.1) is 0 Å². The first-order chi connectivity index (χ1) is 17.9. The van der Waals surface area contributed by atoms with Crippen molar-refractivity contribution in [3.05, 3.63) is 54.4 Å². The molecule has 0 saturated carbocycles. The lowest BCUT2D eigenvalue weighted by molar-refractivity contribution is -0.274. The van der Waals surface area contributed by atoms with Crippen molar-refractivity contribution in [2.24, 2.45) is 7.05 Å². The van der Waals surface area contributed by atoms with Gasteiger partial charge in [0, 0.05) is 18.2 Å². The molecule has 0 spiro atoms. The third-order valence-electron chi connectivity index (χ3n) is 5.27. The maximum absolute atomic E-state index is 13.1. The Hall–Kier alpha value is -4.02. The standard InChI is InChI=1S/C28H32F3N3O5/c1-9-20-18(15-34(24(35)38-26(2,3)4)25(36)39-27(5,6)7)14-21(22-23(20)33(8)16-32-22)17-10-12-19(13-11-17)37-28(29,30)31/h9-14,16H,1,15H2,2-8H3. The van der Waals surface area contributed by atoms with Crippen molar-refractivity contribution in [2.45, 2.75) is 65.7 Å². The number of hydrogen-bond acceptors (Lipinski definition) is 6. The van der Waals surface area contributed by atoms with Crippen molar-refractivity contribution < 1.29 is 37.0 Å². The van der Waals surface area contributed by atoms with Gasteiger partial charge in [0.15, 0.2) is 0 Å². The van der Waals surface area contributed by atoms with Crippen LogP contribution in [0.1, 0.15) is 52.7 Å². The van der Waals surface area contributed by atoms with E-state index in [1.807, 2.05) is 0 Å². The number of aromatic nitrogens is 2. The summed E-state index contributed by atoms with van der Waals surface area (Å²) in [7, 11) is 1.77. The fourth-order valence-corrected chi connectivity index (χ4v) is 3.84. The van der Waals surface area contributed by atoms with Gasteiger partial charge in [0.2, 0.25) is 0 Å². The summed E-state index contributed by atoms with van der Waals surface area (Å²) in [6.07, 6.45) is -3.43. The molecule has 0 bridgehead atoms. The molecular weight excluding hydrogens is 515 g/mol. The molecule has 0 aliphatic carbocycles. The number of carbonyl (C=O) groups excluding carboxylic acids is 2. The Morgan fingerprint density at radius 3 is 2.00 bits per heavy atom. The number of rotatable bonds is 5. The number of carbonyl (C=O) groups is 2. The molecule has 8 nitrogen and oxygen atoms in total. The molecule has 3 rings (SSSR count). The Kier molecular flexibility index (Phi) is 8.05. The molecule has 3 aromatic rings. The van der Waals surface area contributed by atoms with Gasteiger partial charge in [0.25, 0.3) is 0 Å². The predicted molar refractivity (Wildman–Crippen MR) is 141 cm³/mol. The minimum Gasteiger partial charge on any atom is -0.443 e. The van der Waals surface area contributed by atoms with E-state index in [0.717, 1.165) is 4.90 Å². The van der Waals surface area contributed by atoms with E-state index in [1.165, 1.54) is 24.3 Å². The SMILES string of the molecule is C=Cc1c(CN(C(=O)OC(C)(C)C)C(=O)OC(C)(C)C)cc(-c2ccc(OC(F)(F)F)cc2)c2ncn(C)c12. The van der Waals surface area contributed by atoms with Crippen molar-refractivity contribution >= 4 is 29.3 Å². The van der Waals surface area contributed by atoms with Gasteiger partial charge in [-0.25, -0.2) is 19.5 Å². The molecule has 39 heavy (non-hydrogen) atoms. The van der Waals surface area contributed by atoms with Crippen LogP contribution in [-0.2, 0) is 23.1 Å².